The van der Waals surface area contributed by atoms with Gasteiger partial charge in [0, 0.05) is 50.3 Å². The van der Waals surface area contributed by atoms with E-state index in [4.69, 9.17) is 26.1 Å². The van der Waals surface area contributed by atoms with E-state index in [0.717, 1.165) is 21.3 Å². The first-order valence-electron chi connectivity index (χ1n) is 12.1. The van der Waals surface area contributed by atoms with E-state index in [1.165, 1.54) is 54.1 Å². The third kappa shape index (κ3) is 6.81. The molecule has 0 saturated carbocycles. The van der Waals surface area contributed by atoms with Crippen LogP contribution in [-0.2, 0) is 26.0 Å². The zero-order chi connectivity index (χ0) is 28.0. The Morgan fingerprint density at radius 1 is 1.05 bits per heavy atom. The van der Waals surface area contributed by atoms with Gasteiger partial charge in [0.05, 0.1) is 34.9 Å². The van der Waals surface area contributed by atoms with Crippen LogP contribution in [-0.4, -0.2) is 69.1 Å². The molecule has 0 aliphatic heterocycles. The van der Waals surface area contributed by atoms with Gasteiger partial charge < -0.3 is 9.47 Å². The summed E-state index contributed by atoms with van der Waals surface area (Å²) in [5, 5.41) is 1.11. The molecule has 2 aromatic heterocycles. The molecule has 12 heteroatoms. The summed E-state index contributed by atoms with van der Waals surface area (Å²) in [7, 11) is -0.790. The fourth-order valence-electron chi connectivity index (χ4n) is 3.97. The molecule has 0 N–H and O–H groups in total. The molecule has 39 heavy (non-hydrogen) atoms. The molecule has 0 aliphatic carbocycles. The van der Waals surface area contributed by atoms with E-state index in [-0.39, 0.29) is 43.7 Å². The van der Waals surface area contributed by atoms with Crippen molar-refractivity contribution < 1.29 is 22.7 Å². The molecule has 0 atom stereocenters. The molecule has 2 heterocycles. The fraction of sp³-hybridized carbons (Fsp3) is 0.296. The summed E-state index contributed by atoms with van der Waals surface area (Å²) in [6.45, 7) is 3.02. The number of hydrogen-bond acceptors (Lipinski definition) is 8. The van der Waals surface area contributed by atoms with Crippen molar-refractivity contribution in [2.24, 2.45) is 0 Å². The number of aromatic nitrogens is 2. The molecule has 0 fully saturated rings. The van der Waals surface area contributed by atoms with Crippen LogP contribution >= 0.6 is 22.9 Å². The Balaban J connectivity index is 1.67. The van der Waals surface area contributed by atoms with Crippen LogP contribution in [0.5, 0.6) is 0 Å². The van der Waals surface area contributed by atoms with E-state index in [2.05, 4.69) is 4.98 Å². The largest absolute Gasteiger partial charge is 0.383 e. The summed E-state index contributed by atoms with van der Waals surface area (Å²) in [6.07, 6.45) is 3.36. The molecule has 0 spiro atoms. The van der Waals surface area contributed by atoms with E-state index in [0.29, 0.717) is 15.7 Å². The number of pyridine rings is 1. The summed E-state index contributed by atoms with van der Waals surface area (Å²) in [6, 6.07) is 13.3. The van der Waals surface area contributed by atoms with Crippen molar-refractivity contribution in [2.75, 3.05) is 45.4 Å². The average molecular weight is 589 g/mol. The van der Waals surface area contributed by atoms with Crippen molar-refractivity contribution in [3.05, 3.63) is 82.6 Å². The summed E-state index contributed by atoms with van der Waals surface area (Å²) < 4.78 is 38.9. The summed E-state index contributed by atoms with van der Waals surface area (Å²) >= 11 is 7.62. The van der Waals surface area contributed by atoms with E-state index in [9.17, 15) is 13.2 Å². The number of ether oxygens (including phenoxy) is 2. The van der Waals surface area contributed by atoms with Crippen LogP contribution in [0.4, 0.5) is 5.13 Å². The normalized spacial score (nSPS) is 11.8. The maximum Gasteiger partial charge on any atom is 0.260 e. The van der Waals surface area contributed by atoms with Crippen LogP contribution in [0.25, 0.3) is 10.2 Å². The van der Waals surface area contributed by atoms with Crippen LogP contribution in [0.15, 0.2) is 65.8 Å². The van der Waals surface area contributed by atoms with Crippen molar-refractivity contribution >= 4 is 54.2 Å². The lowest BCUT2D eigenvalue weighted by Gasteiger charge is -2.22. The maximum atomic E-state index is 13.8. The Bertz CT molecular complexity index is 1520. The number of carbonyl (C=O) groups excluding carboxylic acids is 1. The van der Waals surface area contributed by atoms with Crippen LogP contribution < -0.4 is 4.90 Å². The van der Waals surface area contributed by atoms with Gasteiger partial charge in [0.1, 0.15) is 0 Å². The average Bonchev–Trinajstić information content (AvgIpc) is 3.36. The van der Waals surface area contributed by atoms with Crippen molar-refractivity contribution in [2.45, 2.75) is 18.4 Å². The number of hydrogen-bond donors (Lipinski definition) is 0. The minimum atomic E-state index is -3.82. The first-order valence-corrected chi connectivity index (χ1v) is 14.7. The molecule has 0 bridgehead atoms. The van der Waals surface area contributed by atoms with Crippen molar-refractivity contribution in [1.29, 1.82) is 0 Å². The van der Waals surface area contributed by atoms with Crippen LogP contribution in [0.2, 0.25) is 5.02 Å². The summed E-state index contributed by atoms with van der Waals surface area (Å²) in [5.41, 5.74) is 2.84. The molecule has 206 valence electrons. The second-order valence-electron chi connectivity index (χ2n) is 8.73. The SMILES string of the molecule is COCCN(CCOC)S(=O)(=O)c1ccc(C(=O)N(Cc2cccnc2)c2nc3c(C)cc(Cl)cc3s2)cc1. The number of nitrogens with zero attached hydrogens (tertiary/aromatic N) is 4. The highest BCUT2D eigenvalue weighted by atomic mass is 35.5. The molecule has 9 nitrogen and oxygen atoms in total. The molecule has 0 saturated heterocycles. The van der Waals surface area contributed by atoms with Crippen LogP contribution in [0.1, 0.15) is 21.5 Å². The predicted octanol–water partition coefficient (Wildman–Crippen LogP) is 4.78. The van der Waals surface area contributed by atoms with E-state index >= 15 is 0 Å². The Labute approximate surface area is 237 Å². The predicted molar refractivity (Wildman–Crippen MR) is 153 cm³/mol. The number of sulfonamides is 1. The molecule has 4 aromatic rings. The monoisotopic (exact) mass is 588 g/mol. The Hall–Kier alpha value is -2.93. The van der Waals surface area contributed by atoms with Gasteiger partial charge >= 0.3 is 0 Å². The maximum absolute atomic E-state index is 13.8. The third-order valence-electron chi connectivity index (χ3n) is 6.01. The number of rotatable bonds is 12. The lowest BCUT2D eigenvalue weighted by atomic mass is 10.2. The number of carbonyl (C=O) groups is 1. The molecular formula is C27H29ClN4O5S2. The van der Waals surface area contributed by atoms with Crippen LogP contribution in [0, 0.1) is 6.92 Å². The number of thiazole rings is 1. The number of fused-ring (bicyclic) bond motifs is 1. The molecule has 2 aromatic carbocycles. The number of benzene rings is 2. The minimum absolute atomic E-state index is 0.0790. The number of aryl methyl sites for hydroxylation is 1. The summed E-state index contributed by atoms with van der Waals surface area (Å²) in [5.74, 6) is -0.318. The number of methoxy groups -OCH3 is 2. The van der Waals surface area contributed by atoms with Crippen molar-refractivity contribution in [1.82, 2.24) is 14.3 Å². The van der Waals surface area contributed by atoms with Gasteiger partial charge in [0.15, 0.2) is 5.13 Å². The quantitative estimate of drug-likeness (QED) is 0.235. The van der Waals surface area contributed by atoms with Gasteiger partial charge in [0.25, 0.3) is 5.91 Å². The highest BCUT2D eigenvalue weighted by Gasteiger charge is 2.26. The highest BCUT2D eigenvalue weighted by Crippen LogP contribution is 2.34. The lowest BCUT2D eigenvalue weighted by Crippen LogP contribution is -2.36. The fourth-order valence-corrected chi connectivity index (χ4v) is 6.80. The third-order valence-corrected chi connectivity index (χ3v) is 9.16. The topological polar surface area (TPSA) is 102 Å². The van der Waals surface area contributed by atoms with Gasteiger partial charge in [-0.2, -0.15) is 4.31 Å². The zero-order valence-electron chi connectivity index (χ0n) is 21.8. The van der Waals surface area contributed by atoms with Gasteiger partial charge in [-0.05, 0) is 60.5 Å². The van der Waals surface area contributed by atoms with Crippen molar-refractivity contribution in [3.8, 4) is 0 Å². The molecule has 0 unspecified atom stereocenters. The van der Waals surface area contributed by atoms with Gasteiger partial charge in [-0.1, -0.05) is 29.0 Å². The summed E-state index contributed by atoms with van der Waals surface area (Å²) in [4.78, 5) is 24.4. The molecular weight excluding hydrogens is 560 g/mol. The first kappa shape index (κ1) is 29.1. The number of halogens is 1. The first-order chi connectivity index (χ1) is 18.7. The number of amides is 1. The van der Waals surface area contributed by atoms with Gasteiger partial charge in [0.2, 0.25) is 10.0 Å². The van der Waals surface area contributed by atoms with Crippen LogP contribution in [0.3, 0.4) is 0 Å². The molecule has 0 radical (unpaired) electrons. The molecule has 1 amide bonds. The second kappa shape index (κ2) is 12.9. The van der Waals surface area contributed by atoms with E-state index < -0.39 is 10.0 Å². The van der Waals surface area contributed by atoms with Gasteiger partial charge in [-0.3, -0.25) is 14.7 Å². The second-order valence-corrected chi connectivity index (χ2v) is 12.1. The van der Waals surface area contributed by atoms with Gasteiger partial charge in [-0.25, -0.2) is 13.4 Å². The van der Waals surface area contributed by atoms with Crippen molar-refractivity contribution in [3.63, 3.8) is 0 Å². The zero-order valence-corrected chi connectivity index (χ0v) is 24.2. The standard InChI is InChI=1S/C27H29ClN4O5S2/c1-19-15-22(28)16-24-25(19)30-27(38-24)32(18-20-5-4-10-29-17-20)26(33)21-6-8-23(9-7-21)39(34,35)31(11-13-36-2)12-14-37-3/h4-10,15-17H,11-14,18H2,1-3H3. The lowest BCUT2D eigenvalue weighted by molar-refractivity contribution is 0.0985. The van der Waals surface area contributed by atoms with E-state index in [1.54, 1.807) is 23.4 Å². The highest BCUT2D eigenvalue weighted by molar-refractivity contribution is 7.89. The number of anilines is 1. The Kier molecular flexibility index (Phi) is 9.65. The van der Waals surface area contributed by atoms with E-state index in [1.807, 2.05) is 25.1 Å². The molecule has 4 rings (SSSR count). The smallest absolute Gasteiger partial charge is 0.260 e. The Morgan fingerprint density at radius 3 is 2.36 bits per heavy atom. The minimum Gasteiger partial charge on any atom is -0.383 e. The molecule has 0 aliphatic rings. The Morgan fingerprint density at radius 2 is 1.74 bits per heavy atom. The van der Waals surface area contributed by atoms with Gasteiger partial charge in [-0.15, -0.1) is 0 Å².